The van der Waals surface area contributed by atoms with E-state index in [1.807, 2.05) is 30.5 Å². The summed E-state index contributed by atoms with van der Waals surface area (Å²) in [5.41, 5.74) is 3.10. The maximum atomic E-state index is 13.0. The van der Waals surface area contributed by atoms with Gasteiger partial charge in [-0.1, -0.05) is 19.1 Å². The van der Waals surface area contributed by atoms with Crippen molar-refractivity contribution >= 4 is 11.0 Å². The number of aromatic amines is 1. The molecule has 0 bridgehead atoms. The molecule has 2 heterocycles. The van der Waals surface area contributed by atoms with E-state index in [0.29, 0.717) is 6.42 Å². The van der Waals surface area contributed by atoms with E-state index in [4.69, 9.17) is 0 Å². The predicted octanol–water partition coefficient (Wildman–Crippen LogP) is 4.06. The largest absolute Gasteiger partial charge is 0.346 e. The summed E-state index contributed by atoms with van der Waals surface area (Å²) in [4.78, 5) is 7.46. The van der Waals surface area contributed by atoms with Crippen LogP contribution in [0, 0.1) is 12.7 Å². The Morgan fingerprint density at radius 2 is 2.00 bits per heavy atom. The van der Waals surface area contributed by atoms with Gasteiger partial charge in [-0.05, 0) is 41.8 Å². The molecular formula is C16H14FN2. The van der Waals surface area contributed by atoms with Crippen LogP contribution in [-0.4, -0.2) is 9.97 Å². The monoisotopic (exact) mass is 253 g/mol. The van der Waals surface area contributed by atoms with Crippen molar-refractivity contribution in [3.05, 3.63) is 72.7 Å². The zero-order chi connectivity index (χ0) is 13.2. The second-order valence-electron chi connectivity index (χ2n) is 4.54. The zero-order valence-electron chi connectivity index (χ0n) is 10.4. The fraction of sp³-hybridized carbons (Fsp3) is 0.125. The fourth-order valence-corrected chi connectivity index (χ4v) is 2.46. The van der Waals surface area contributed by atoms with Gasteiger partial charge in [-0.15, -0.1) is 0 Å². The van der Waals surface area contributed by atoms with E-state index in [1.165, 1.54) is 12.1 Å². The van der Waals surface area contributed by atoms with Crippen molar-refractivity contribution in [3.63, 3.8) is 0 Å². The molecule has 95 valence electrons. The first-order valence-electron chi connectivity index (χ1n) is 6.26. The van der Waals surface area contributed by atoms with E-state index < -0.39 is 0 Å². The number of aromatic nitrogens is 2. The van der Waals surface area contributed by atoms with Gasteiger partial charge in [0, 0.05) is 23.7 Å². The van der Waals surface area contributed by atoms with Crippen LogP contribution in [0.1, 0.15) is 23.5 Å². The Labute approximate surface area is 111 Å². The Bertz CT molecular complexity index is 685. The molecule has 3 heteroatoms. The van der Waals surface area contributed by atoms with E-state index in [1.54, 1.807) is 6.20 Å². The standard InChI is InChI=1S/C16H14FN2/c1-2-13(11-5-7-12(17)8-6-11)15-10-19-16-14(15)4-3-9-18-16/h3-10,13H,1-2H2,(H,18,19). The lowest BCUT2D eigenvalue weighted by atomic mass is 9.89. The normalized spacial score (nSPS) is 12.7. The molecule has 2 nitrogen and oxygen atoms in total. The van der Waals surface area contributed by atoms with Crippen molar-refractivity contribution in [2.24, 2.45) is 0 Å². The van der Waals surface area contributed by atoms with Gasteiger partial charge in [-0.25, -0.2) is 9.37 Å². The first-order valence-corrected chi connectivity index (χ1v) is 6.26. The van der Waals surface area contributed by atoms with E-state index in [0.717, 1.165) is 22.2 Å². The number of H-pyrrole nitrogens is 1. The molecule has 19 heavy (non-hydrogen) atoms. The molecule has 0 fully saturated rings. The third-order valence-electron chi connectivity index (χ3n) is 3.42. The first kappa shape index (κ1) is 11.9. The smallest absolute Gasteiger partial charge is 0.137 e. The van der Waals surface area contributed by atoms with Gasteiger partial charge in [-0.3, -0.25) is 0 Å². The van der Waals surface area contributed by atoms with Crippen LogP contribution in [0.3, 0.4) is 0 Å². The van der Waals surface area contributed by atoms with Gasteiger partial charge >= 0.3 is 0 Å². The Balaban J connectivity index is 2.09. The Morgan fingerprint density at radius 1 is 1.21 bits per heavy atom. The van der Waals surface area contributed by atoms with Crippen LogP contribution in [0.15, 0.2) is 48.8 Å². The SMILES string of the molecule is [CH2]CC(c1ccc(F)cc1)c1c[nH]c2ncccc12. The summed E-state index contributed by atoms with van der Waals surface area (Å²) >= 11 is 0. The zero-order valence-corrected chi connectivity index (χ0v) is 10.4. The molecule has 0 amide bonds. The maximum Gasteiger partial charge on any atom is 0.137 e. The van der Waals surface area contributed by atoms with Crippen molar-refractivity contribution in [1.82, 2.24) is 9.97 Å². The van der Waals surface area contributed by atoms with Gasteiger partial charge in [0.25, 0.3) is 0 Å². The molecule has 0 spiro atoms. The minimum Gasteiger partial charge on any atom is -0.346 e. The number of nitrogens with zero attached hydrogens (tertiary/aromatic N) is 1. The van der Waals surface area contributed by atoms with Crippen molar-refractivity contribution < 1.29 is 4.39 Å². The van der Waals surface area contributed by atoms with Crippen LogP contribution in [0.25, 0.3) is 11.0 Å². The van der Waals surface area contributed by atoms with Crippen LogP contribution in [0.4, 0.5) is 4.39 Å². The topological polar surface area (TPSA) is 28.7 Å². The summed E-state index contributed by atoms with van der Waals surface area (Å²) in [7, 11) is 0. The highest BCUT2D eigenvalue weighted by atomic mass is 19.1. The summed E-state index contributed by atoms with van der Waals surface area (Å²) in [5.74, 6) is -0.0642. The maximum absolute atomic E-state index is 13.0. The van der Waals surface area contributed by atoms with Crippen LogP contribution in [0.5, 0.6) is 0 Å². The fourth-order valence-electron chi connectivity index (χ4n) is 2.46. The number of hydrogen-bond donors (Lipinski definition) is 1. The van der Waals surface area contributed by atoms with Crippen molar-refractivity contribution in [3.8, 4) is 0 Å². The second-order valence-corrected chi connectivity index (χ2v) is 4.54. The molecule has 1 N–H and O–H groups in total. The Hall–Kier alpha value is -2.16. The third-order valence-corrected chi connectivity index (χ3v) is 3.42. The molecular weight excluding hydrogens is 239 g/mol. The average molecular weight is 253 g/mol. The number of halogens is 1. The minimum absolute atomic E-state index is 0.151. The van der Waals surface area contributed by atoms with Gasteiger partial charge in [0.1, 0.15) is 11.5 Å². The summed E-state index contributed by atoms with van der Waals surface area (Å²) in [5, 5.41) is 1.10. The first-order chi connectivity index (χ1) is 9.29. The molecule has 1 atom stereocenters. The van der Waals surface area contributed by atoms with Crippen LogP contribution < -0.4 is 0 Å². The van der Waals surface area contributed by atoms with Crippen molar-refractivity contribution in [2.45, 2.75) is 12.3 Å². The Kier molecular flexibility index (Phi) is 3.03. The summed E-state index contributed by atoms with van der Waals surface area (Å²) in [6.07, 6.45) is 4.45. The number of fused-ring (bicyclic) bond motifs is 1. The van der Waals surface area contributed by atoms with E-state index >= 15 is 0 Å². The number of benzene rings is 1. The predicted molar refractivity (Wildman–Crippen MR) is 74.3 cm³/mol. The van der Waals surface area contributed by atoms with Gasteiger partial charge < -0.3 is 4.98 Å². The van der Waals surface area contributed by atoms with Gasteiger partial charge in [0.15, 0.2) is 0 Å². The second kappa shape index (κ2) is 4.84. The molecule has 0 saturated heterocycles. The van der Waals surface area contributed by atoms with Gasteiger partial charge in [-0.2, -0.15) is 0 Å². The molecule has 1 radical (unpaired) electrons. The molecule has 0 saturated carbocycles. The lowest BCUT2D eigenvalue weighted by Crippen LogP contribution is -1.99. The van der Waals surface area contributed by atoms with Crippen LogP contribution >= 0.6 is 0 Å². The van der Waals surface area contributed by atoms with E-state index in [9.17, 15) is 4.39 Å². The molecule has 2 aromatic heterocycles. The van der Waals surface area contributed by atoms with Crippen molar-refractivity contribution in [1.29, 1.82) is 0 Å². The third kappa shape index (κ3) is 2.12. The van der Waals surface area contributed by atoms with E-state index in [2.05, 4.69) is 16.9 Å². The molecule has 3 rings (SSSR count). The average Bonchev–Trinajstić information content (AvgIpc) is 2.86. The number of rotatable bonds is 3. The summed E-state index contributed by atoms with van der Waals surface area (Å²) in [6.45, 7) is 4.02. The Morgan fingerprint density at radius 3 is 2.74 bits per heavy atom. The molecule has 0 aliphatic rings. The highest BCUT2D eigenvalue weighted by Crippen LogP contribution is 2.32. The molecule has 1 aromatic carbocycles. The van der Waals surface area contributed by atoms with Crippen LogP contribution in [0.2, 0.25) is 0 Å². The number of hydrogen-bond acceptors (Lipinski definition) is 1. The van der Waals surface area contributed by atoms with Crippen LogP contribution in [-0.2, 0) is 0 Å². The molecule has 0 aliphatic heterocycles. The van der Waals surface area contributed by atoms with Gasteiger partial charge in [0.2, 0.25) is 0 Å². The number of pyridine rings is 1. The quantitative estimate of drug-likeness (QED) is 0.749. The van der Waals surface area contributed by atoms with Gasteiger partial charge in [0.05, 0.1) is 0 Å². The van der Waals surface area contributed by atoms with E-state index in [-0.39, 0.29) is 11.7 Å². The lowest BCUT2D eigenvalue weighted by molar-refractivity contribution is 0.626. The molecule has 3 aromatic rings. The number of nitrogens with one attached hydrogen (secondary N) is 1. The summed E-state index contributed by atoms with van der Waals surface area (Å²) in [6, 6.07) is 10.6. The summed E-state index contributed by atoms with van der Waals surface area (Å²) < 4.78 is 13.0. The highest BCUT2D eigenvalue weighted by Gasteiger charge is 2.16. The molecule has 0 aliphatic carbocycles. The highest BCUT2D eigenvalue weighted by molar-refractivity contribution is 5.80. The lowest BCUT2D eigenvalue weighted by Gasteiger charge is -2.14. The van der Waals surface area contributed by atoms with Crippen molar-refractivity contribution in [2.75, 3.05) is 0 Å². The minimum atomic E-state index is -0.216. The molecule has 1 unspecified atom stereocenters.